The van der Waals surface area contributed by atoms with Crippen LogP contribution in [-0.2, 0) is 4.79 Å². The first kappa shape index (κ1) is 21.2. The van der Waals surface area contributed by atoms with Gasteiger partial charge >= 0.3 is 0 Å². The number of hydrogen-bond donors (Lipinski definition) is 0. The Kier molecular flexibility index (Phi) is 6.71. The first-order chi connectivity index (χ1) is 15.1. The average Bonchev–Trinajstić information content (AvgIpc) is 2.83. The number of likely N-dealkylation sites (N-methyl/N-ethyl adjacent to an activating group) is 1. The molecular weight excluding hydrogens is 396 g/mol. The zero-order valence-electron chi connectivity index (χ0n) is 18.2. The molecule has 166 valence electrons. The highest BCUT2D eigenvalue weighted by molar-refractivity contribution is 5.78. The highest BCUT2D eigenvalue weighted by atomic mass is 16.5. The standard InChI is InChI=1S/C22H30N6O3/c1-25-9-11-26(12-10-25)20-7-8-21(24-23-20)27-13-15-28(16-14-27)22(29)17-31-19-6-4-3-5-18(19)30-2/h3-8H,9-17H2,1-2H3. The number of benzene rings is 1. The van der Waals surface area contributed by atoms with E-state index in [-0.39, 0.29) is 12.5 Å². The zero-order chi connectivity index (χ0) is 21.6. The van der Waals surface area contributed by atoms with Crippen LogP contribution in [0.3, 0.4) is 0 Å². The zero-order valence-corrected chi connectivity index (χ0v) is 18.2. The SMILES string of the molecule is COc1ccccc1OCC(=O)N1CCN(c2ccc(N3CCN(C)CC3)nn2)CC1. The second-order valence-electron chi connectivity index (χ2n) is 7.85. The molecule has 2 aliphatic heterocycles. The second kappa shape index (κ2) is 9.82. The lowest BCUT2D eigenvalue weighted by atomic mass is 10.3. The van der Waals surface area contributed by atoms with Gasteiger partial charge in [0.05, 0.1) is 7.11 Å². The van der Waals surface area contributed by atoms with Crippen LogP contribution in [0.15, 0.2) is 36.4 Å². The van der Waals surface area contributed by atoms with E-state index in [1.165, 1.54) is 0 Å². The van der Waals surface area contributed by atoms with Crippen molar-refractivity contribution in [3.05, 3.63) is 36.4 Å². The molecule has 1 aromatic carbocycles. The number of nitrogens with zero attached hydrogens (tertiary/aromatic N) is 6. The summed E-state index contributed by atoms with van der Waals surface area (Å²) in [6, 6.07) is 11.4. The van der Waals surface area contributed by atoms with E-state index < -0.39 is 0 Å². The molecule has 9 nitrogen and oxygen atoms in total. The maximum absolute atomic E-state index is 12.6. The van der Waals surface area contributed by atoms with E-state index in [9.17, 15) is 4.79 Å². The van der Waals surface area contributed by atoms with Gasteiger partial charge < -0.3 is 29.1 Å². The summed E-state index contributed by atoms with van der Waals surface area (Å²) in [7, 11) is 3.73. The Morgan fingerprint density at radius 1 is 0.839 bits per heavy atom. The minimum atomic E-state index is -0.0259. The number of piperazine rings is 2. The smallest absolute Gasteiger partial charge is 0.260 e. The van der Waals surface area contributed by atoms with Gasteiger partial charge in [0.15, 0.2) is 29.7 Å². The molecule has 2 fully saturated rings. The number of rotatable bonds is 6. The van der Waals surface area contributed by atoms with E-state index >= 15 is 0 Å². The lowest BCUT2D eigenvalue weighted by Gasteiger charge is -2.35. The Labute approximate surface area is 183 Å². The van der Waals surface area contributed by atoms with E-state index in [0.717, 1.165) is 50.9 Å². The molecule has 0 aliphatic carbocycles. The van der Waals surface area contributed by atoms with Gasteiger partial charge in [0.25, 0.3) is 5.91 Å². The van der Waals surface area contributed by atoms with Crippen LogP contribution in [0.25, 0.3) is 0 Å². The third-order valence-electron chi connectivity index (χ3n) is 5.84. The van der Waals surface area contributed by atoms with Gasteiger partial charge in [-0.1, -0.05) is 12.1 Å². The highest BCUT2D eigenvalue weighted by Crippen LogP contribution is 2.25. The Bertz CT molecular complexity index is 862. The molecule has 0 unspecified atom stereocenters. The Morgan fingerprint density at radius 3 is 1.94 bits per heavy atom. The van der Waals surface area contributed by atoms with Crippen LogP contribution >= 0.6 is 0 Å². The van der Waals surface area contributed by atoms with Crippen LogP contribution < -0.4 is 19.3 Å². The normalized spacial score (nSPS) is 17.5. The number of aromatic nitrogens is 2. The summed E-state index contributed by atoms with van der Waals surface area (Å²) in [5.74, 6) is 2.96. The van der Waals surface area contributed by atoms with Gasteiger partial charge in [-0.05, 0) is 31.3 Å². The fourth-order valence-corrected chi connectivity index (χ4v) is 3.84. The quantitative estimate of drug-likeness (QED) is 0.677. The van der Waals surface area contributed by atoms with Crippen LogP contribution in [-0.4, -0.2) is 99.0 Å². The molecule has 1 amide bonds. The van der Waals surface area contributed by atoms with Crippen LogP contribution in [0.1, 0.15) is 0 Å². The molecule has 2 aromatic rings. The van der Waals surface area contributed by atoms with Crippen molar-refractivity contribution in [2.24, 2.45) is 0 Å². The topological polar surface area (TPSA) is 74.3 Å². The maximum atomic E-state index is 12.6. The van der Waals surface area contributed by atoms with Crippen molar-refractivity contribution in [2.45, 2.75) is 0 Å². The van der Waals surface area contributed by atoms with Crippen molar-refractivity contribution in [1.82, 2.24) is 20.0 Å². The Balaban J connectivity index is 1.26. The molecule has 9 heteroatoms. The summed E-state index contributed by atoms with van der Waals surface area (Å²) in [6.45, 7) is 6.75. The molecule has 4 rings (SSSR count). The summed E-state index contributed by atoms with van der Waals surface area (Å²) in [5, 5.41) is 8.88. The van der Waals surface area contributed by atoms with Crippen LogP contribution in [0.5, 0.6) is 11.5 Å². The molecule has 0 saturated carbocycles. The first-order valence-corrected chi connectivity index (χ1v) is 10.7. The van der Waals surface area contributed by atoms with Crippen molar-refractivity contribution in [2.75, 3.05) is 82.9 Å². The monoisotopic (exact) mass is 426 g/mol. The summed E-state index contributed by atoms with van der Waals surface area (Å²) in [5.41, 5.74) is 0. The molecule has 1 aromatic heterocycles. The number of methoxy groups -OCH3 is 1. The van der Waals surface area contributed by atoms with E-state index in [0.29, 0.717) is 24.6 Å². The van der Waals surface area contributed by atoms with Gasteiger partial charge in [-0.2, -0.15) is 0 Å². The summed E-state index contributed by atoms with van der Waals surface area (Å²) in [4.78, 5) is 21.2. The fourth-order valence-electron chi connectivity index (χ4n) is 3.84. The second-order valence-corrected chi connectivity index (χ2v) is 7.85. The van der Waals surface area contributed by atoms with E-state index in [4.69, 9.17) is 9.47 Å². The number of ether oxygens (including phenoxy) is 2. The summed E-state index contributed by atoms with van der Waals surface area (Å²) in [6.07, 6.45) is 0. The minimum absolute atomic E-state index is 0.000100. The number of anilines is 2. The van der Waals surface area contributed by atoms with Gasteiger partial charge in [0, 0.05) is 52.4 Å². The highest BCUT2D eigenvalue weighted by Gasteiger charge is 2.23. The molecule has 3 heterocycles. The predicted octanol–water partition coefficient (Wildman–Crippen LogP) is 0.965. The molecule has 0 spiro atoms. The van der Waals surface area contributed by atoms with Crippen molar-refractivity contribution >= 4 is 17.5 Å². The maximum Gasteiger partial charge on any atom is 0.260 e. The molecular formula is C22H30N6O3. The third-order valence-corrected chi connectivity index (χ3v) is 5.84. The Morgan fingerprint density at radius 2 is 1.39 bits per heavy atom. The molecule has 0 radical (unpaired) electrons. The van der Waals surface area contributed by atoms with Crippen molar-refractivity contribution in [3.63, 3.8) is 0 Å². The van der Waals surface area contributed by atoms with Gasteiger partial charge in [0.2, 0.25) is 0 Å². The summed E-state index contributed by atoms with van der Waals surface area (Å²) >= 11 is 0. The number of hydrogen-bond acceptors (Lipinski definition) is 8. The molecule has 2 saturated heterocycles. The lowest BCUT2D eigenvalue weighted by Crippen LogP contribution is -2.50. The third kappa shape index (κ3) is 5.16. The van der Waals surface area contributed by atoms with Crippen LogP contribution in [0, 0.1) is 0 Å². The summed E-state index contributed by atoms with van der Waals surface area (Å²) < 4.78 is 10.9. The number of para-hydroxylation sites is 2. The van der Waals surface area contributed by atoms with E-state index in [2.05, 4.69) is 31.9 Å². The number of carbonyl (C=O) groups excluding carboxylic acids is 1. The predicted molar refractivity (Wildman–Crippen MR) is 119 cm³/mol. The largest absolute Gasteiger partial charge is 0.493 e. The lowest BCUT2D eigenvalue weighted by molar-refractivity contribution is -0.133. The van der Waals surface area contributed by atoms with Gasteiger partial charge in [-0.25, -0.2) is 0 Å². The Hall–Kier alpha value is -3.07. The van der Waals surface area contributed by atoms with Crippen molar-refractivity contribution in [3.8, 4) is 11.5 Å². The minimum Gasteiger partial charge on any atom is -0.493 e. The van der Waals surface area contributed by atoms with Gasteiger partial charge in [0.1, 0.15) is 0 Å². The molecule has 0 atom stereocenters. The molecule has 31 heavy (non-hydrogen) atoms. The van der Waals surface area contributed by atoms with Gasteiger partial charge in [-0.15, -0.1) is 10.2 Å². The van der Waals surface area contributed by atoms with E-state index in [1.54, 1.807) is 13.2 Å². The molecule has 2 aliphatic rings. The molecule has 0 bridgehead atoms. The average molecular weight is 427 g/mol. The number of carbonyl (C=O) groups is 1. The van der Waals surface area contributed by atoms with Crippen LogP contribution in [0.2, 0.25) is 0 Å². The van der Waals surface area contributed by atoms with Crippen molar-refractivity contribution < 1.29 is 14.3 Å². The van der Waals surface area contributed by atoms with Crippen molar-refractivity contribution in [1.29, 1.82) is 0 Å². The van der Waals surface area contributed by atoms with Gasteiger partial charge in [-0.3, -0.25) is 4.79 Å². The van der Waals surface area contributed by atoms with Crippen LogP contribution in [0.4, 0.5) is 11.6 Å². The molecule has 0 N–H and O–H groups in total. The number of amides is 1. The van der Waals surface area contributed by atoms with E-state index in [1.807, 2.05) is 35.2 Å². The fraction of sp³-hybridized carbons (Fsp3) is 0.500. The first-order valence-electron chi connectivity index (χ1n) is 10.7.